The fourth-order valence-electron chi connectivity index (χ4n) is 2.41. The number of amides is 1. The molecule has 1 unspecified atom stereocenters. The van der Waals surface area contributed by atoms with Gasteiger partial charge in [0.15, 0.2) is 11.5 Å². The number of phenols is 2. The zero-order valence-corrected chi connectivity index (χ0v) is 11.1. The number of hydrogen-bond donors (Lipinski definition) is 3. The van der Waals surface area contributed by atoms with E-state index in [9.17, 15) is 15.0 Å². The summed E-state index contributed by atoms with van der Waals surface area (Å²) in [5.41, 5.74) is 0.116. The lowest BCUT2D eigenvalue weighted by Gasteiger charge is -2.14. The highest BCUT2D eigenvalue weighted by Gasteiger charge is 2.22. The van der Waals surface area contributed by atoms with Crippen molar-refractivity contribution in [3.63, 3.8) is 0 Å². The van der Waals surface area contributed by atoms with Crippen LogP contribution in [-0.4, -0.2) is 47.2 Å². The van der Waals surface area contributed by atoms with E-state index in [1.807, 2.05) is 0 Å². The van der Waals surface area contributed by atoms with Crippen LogP contribution >= 0.6 is 0 Å². The van der Waals surface area contributed by atoms with Crippen LogP contribution in [0.5, 0.6) is 11.5 Å². The Morgan fingerprint density at radius 1 is 1.47 bits per heavy atom. The van der Waals surface area contributed by atoms with Crippen LogP contribution < -0.4 is 5.32 Å². The van der Waals surface area contributed by atoms with Crippen LogP contribution in [0, 0.1) is 5.92 Å². The summed E-state index contributed by atoms with van der Waals surface area (Å²) in [6.45, 7) is 5.85. The summed E-state index contributed by atoms with van der Waals surface area (Å²) in [6, 6.07) is 4.39. The Balaban J connectivity index is 1.90. The summed E-state index contributed by atoms with van der Waals surface area (Å²) in [7, 11) is 0. The Bertz CT molecular complexity index is 462. The maximum atomic E-state index is 11.9. The Morgan fingerprint density at radius 3 is 2.95 bits per heavy atom. The molecule has 1 aromatic carbocycles. The third-order valence-electron chi connectivity index (χ3n) is 3.63. The highest BCUT2D eigenvalue weighted by Crippen LogP contribution is 2.28. The van der Waals surface area contributed by atoms with E-state index in [1.54, 1.807) is 6.07 Å². The zero-order valence-electron chi connectivity index (χ0n) is 11.1. The van der Waals surface area contributed by atoms with Gasteiger partial charge in [-0.1, -0.05) is 13.0 Å². The molecule has 5 nitrogen and oxygen atoms in total. The minimum atomic E-state index is -0.360. The van der Waals surface area contributed by atoms with Crippen molar-refractivity contribution in [2.75, 3.05) is 26.2 Å². The van der Waals surface area contributed by atoms with Gasteiger partial charge in [0.05, 0.1) is 5.56 Å². The average molecular weight is 264 g/mol. The first-order valence-corrected chi connectivity index (χ1v) is 6.63. The van der Waals surface area contributed by atoms with Crippen LogP contribution in [0.3, 0.4) is 0 Å². The molecule has 1 amide bonds. The van der Waals surface area contributed by atoms with Gasteiger partial charge < -0.3 is 20.4 Å². The number of hydrogen-bond acceptors (Lipinski definition) is 4. The molecule has 0 aliphatic carbocycles. The van der Waals surface area contributed by atoms with Crippen LogP contribution in [0.2, 0.25) is 0 Å². The second-order valence-corrected chi connectivity index (χ2v) is 4.93. The summed E-state index contributed by atoms with van der Waals surface area (Å²) in [5, 5.41) is 21.8. The van der Waals surface area contributed by atoms with Gasteiger partial charge in [0.2, 0.25) is 0 Å². The second-order valence-electron chi connectivity index (χ2n) is 4.93. The third kappa shape index (κ3) is 3.17. The number of carbonyl (C=O) groups is 1. The average Bonchev–Trinajstić information content (AvgIpc) is 2.87. The van der Waals surface area contributed by atoms with Gasteiger partial charge in [-0.3, -0.25) is 4.79 Å². The minimum absolute atomic E-state index is 0.116. The predicted molar refractivity (Wildman–Crippen MR) is 72.3 cm³/mol. The number of carbonyl (C=O) groups excluding carboxylic acids is 1. The van der Waals surface area contributed by atoms with Gasteiger partial charge in [0.1, 0.15) is 0 Å². The Kier molecular flexibility index (Phi) is 4.27. The Morgan fingerprint density at radius 2 is 2.26 bits per heavy atom. The van der Waals surface area contributed by atoms with Crippen molar-refractivity contribution in [2.45, 2.75) is 13.3 Å². The molecular weight excluding hydrogens is 244 g/mol. The van der Waals surface area contributed by atoms with E-state index in [4.69, 9.17) is 0 Å². The van der Waals surface area contributed by atoms with E-state index in [-0.39, 0.29) is 23.0 Å². The number of rotatable bonds is 4. The number of nitrogens with one attached hydrogen (secondary N) is 1. The zero-order chi connectivity index (χ0) is 13.8. The van der Waals surface area contributed by atoms with Crippen molar-refractivity contribution in [1.29, 1.82) is 0 Å². The molecule has 0 spiro atoms. The van der Waals surface area contributed by atoms with Crippen LogP contribution in [-0.2, 0) is 0 Å². The smallest absolute Gasteiger partial charge is 0.255 e. The number of aromatic hydroxyl groups is 2. The van der Waals surface area contributed by atoms with E-state index in [0.29, 0.717) is 12.5 Å². The normalized spacial score (nSPS) is 19.5. The predicted octanol–water partition coefficient (Wildman–Crippen LogP) is 1.17. The SMILES string of the molecule is CCN1CCC(CNC(=O)c2cccc(O)c2O)C1. The molecule has 1 fully saturated rings. The van der Waals surface area contributed by atoms with E-state index in [1.165, 1.54) is 12.1 Å². The van der Waals surface area contributed by atoms with E-state index in [0.717, 1.165) is 26.1 Å². The standard InChI is InChI=1S/C14H20N2O3/c1-2-16-7-6-10(9-16)8-15-14(19)11-4-3-5-12(17)13(11)18/h3-5,10,17-18H,2,6-9H2,1H3,(H,15,19). The first kappa shape index (κ1) is 13.7. The van der Waals surface area contributed by atoms with Crippen molar-refractivity contribution in [3.05, 3.63) is 23.8 Å². The highest BCUT2D eigenvalue weighted by atomic mass is 16.3. The van der Waals surface area contributed by atoms with Gasteiger partial charge in [-0.05, 0) is 37.6 Å². The maximum absolute atomic E-state index is 11.9. The number of likely N-dealkylation sites (tertiary alicyclic amines) is 1. The van der Waals surface area contributed by atoms with Crippen molar-refractivity contribution in [3.8, 4) is 11.5 Å². The first-order chi connectivity index (χ1) is 9.11. The molecule has 3 N–H and O–H groups in total. The molecule has 2 rings (SSSR count). The van der Waals surface area contributed by atoms with Crippen LogP contribution in [0.15, 0.2) is 18.2 Å². The van der Waals surface area contributed by atoms with E-state index < -0.39 is 0 Å². The lowest BCUT2D eigenvalue weighted by Crippen LogP contribution is -2.31. The van der Waals surface area contributed by atoms with Crippen molar-refractivity contribution >= 4 is 5.91 Å². The molecular formula is C14H20N2O3. The summed E-state index contributed by atoms with van der Waals surface area (Å²) in [4.78, 5) is 14.3. The molecule has 1 saturated heterocycles. The number of benzene rings is 1. The molecule has 0 aromatic heterocycles. The number of nitrogens with zero attached hydrogens (tertiary/aromatic N) is 1. The lowest BCUT2D eigenvalue weighted by atomic mass is 10.1. The van der Waals surface area contributed by atoms with E-state index >= 15 is 0 Å². The fraction of sp³-hybridized carbons (Fsp3) is 0.500. The quantitative estimate of drug-likeness (QED) is 0.714. The van der Waals surface area contributed by atoms with E-state index in [2.05, 4.69) is 17.1 Å². The molecule has 1 heterocycles. The first-order valence-electron chi connectivity index (χ1n) is 6.63. The Hall–Kier alpha value is -1.75. The molecule has 0 radical (unpaired) electrons. The monoisotopic (exact) mass is 264 g/mol. The van der Waals surface area contributed by atoms with Gasteiger partial charge in [-0.2, -0.15) is 0 Å². The summed E-state index contributed by atoms with van der Waals surface area (Å²) in [5.74, 6) is -0.515. The second kappa shape index (κ2) is 5.93. The van der Waals surface area contributed by atoms with Gasteiger partial charge in [-0.25, -0.2) is 0 Å². The molecule has 0 bridgehead atoms. The molecule has 19 heavy (non-hydrogen) atoms. The van der Waals surface area contributed by atoms with Gasteiger partial charge in [-0.15, -0.1) is 0 Å². The molecule has 1 aromatic rings. The van der Waals surface area contributed by atoms with Crippen LogP contribution in [0.4, 0.5) is 0 Å². The number of para-hydroxylation sites is 1. The maximum Gasteiger partial charge on any atom is 0.255 e. The third-order valence-corrected chi connectivity index (χ3v) is 3.63. The van der Waals surface area contributed by atoms with Crippen LogP contribution in [0.25, 0.3) is 0 Å². The van der Waals surface area contributed by atoms with Crippen LogP contribution in [0.1, 0.15) is 23.7 Å². The lowest BCUT2D eigenvalue weighted by molar-refractivity contribution is 0.0944. The van der Waals surface area contributed by atoms with Crippen molar-refractivity contribution in [1.82, 2.24) is 10.2 Å². The topological polar surface area (TPSA) is 72.8 Å². The highest BCUT2D eigenvalue weighted by molar-refractivity contribution is 5.97. The fourth-order valence-corrected chi connectivity index (χ4v) is 2.41. The van der Waals surface area contributed by atoms with Gasteiger partial charge >= 0.3 is 0 Å². The molecule has 1 aliphatic rings. The van der Waals surface area contributed by atoms with Gasteiger partial charge in [0.25, 0.3) is 5.91 Å². The largest absolute Gasteiger partial charge is 0.504 e. The molecule has 1 atom stereocenters. The van der Waals surface area contributed by atoms with Crippen molar-refractivity contribution in [2.24, 2.45) is 5.92 Å². The molecule has 104 valence electrons. The minimum Gasteiger partial charge on any atom is -0.504 e. The number of phenolic OH excluding ortho intramolecular Hbond substituents is 2. The Labute approximate surface area is 112 Å². The summed E-state index contributed by atoms with van der Waals surface area (Å²) < 4.78 is 0. The summed E-state index contributed by atoms with van der Waals surface area (Å²) >= 11 is 0. The molecule has 5 heteroatoms. The van der Waals surface area contributed by atoms with Crippen molar-refractivity contribution < 1.29 is 15.0 Å². The summed E-state index contributed by atoms with van der Waals surface area (Å²) in [6.07, 6.45) is 1.08. The van der Waals surface area contributed by atoms with Gasteiger partial charge in [0, 0.05) is 13.1 Å². The molecule has 1 aliphatic heterocycles. The molecule has 0 saturated carbocycles.